The van der Waals surface area contributed by atoms with Crippen LogP contribution in [0.5, 0.6) is 0 Å². The van der Waals surface area contributed by atoms with Gasteiger partial charge in [-0.05, 0) is 30.9 Å². The van der Waals surface area contributed by atoms with Crippen molar-refractivity contribution >= 4 is 0 Å². The predicted octanol–water partition coefficient (Wildman–Crippen LogP) is 1.89. The van der Waals surface area contributed by atoms with Gasteiger partial charge in [0.1, 0.15) is 0 Å². The molecule has 16 heavy (non-hydrogen) atoms. The highest BCUT2D eigenvalue weighted by Crippen LogP contribution is 2.07. The third kappa shape index (κ3) is 4.29. The lowest BCUT2D eigenvalue weighted by Gasteiger charge is -2.21. The van der Waals surface area contributed by atoms with E-state index in [4.69, 9.17) is 5.11 Å². The summed E-state index contributed by atoms with van der Waals surface area (Å²) in [6.07, 6.45) is 2.68. The normalized spacial score (nSPS) is 13.1. The van der Waals surface area contributed by atoms with E-state index in [1.54, 1.807) is 0 Å². The van der Waals surface area contributed by atoms with Crippen LogP contribution in [0.3, 0.4) is 0 Å². The van der Waals surface area contributed by atoms with Crippen LogP contribution in [0.15, 0.2) is 18.3 Å². The molecule has 0 saturated carbocycles. The summed E-state index contributed by atoms with van der Waals surface area (Å²) in [6, 6.07) is 4.46. The number of aliphatic hydroxyl groups is 1. The first-order valence-electron chi connectivity index (χ1n) is 5.89. The number of pyridine rings is 1. The van der Waals surface area contributed by atoms with E-state index in [1.807, 2.05) is 19.2 Å². The Morgan fingerprint density at radius 2 is 2.12 bits per heavy atom. The largest absolute Gasteiger partial charge is 0.396 e. The minimum absolute atomic E-state index is 0.233. The molecule has 0 aromatic carbocycles. The van der Waals surface area contributed by atoms with Crippen LogP contribution >= 0.6 is 0 Å². The monoisotopic (exact) mass is 222 g/mol. The van der Waals surface area contributed by atoms with Crippen molar-refractivity contribution in [1.29, 1.82) is 0 Å². The number of hydrogen-bond donors (Lipinski definition) is 2. The minimum Gasteiger partial charge on any atom is -0.396 e. The second-order valence-corrected chi connectivity index (χ2v) is 4.57. The van der Waals surface area contributed by atoms with Gasteiger partial charge in [-0.2, -0.15) is 0 Å². The fourth-order valence-corrected chi connectivity index (χ4v) is 1.65. The average molecular weight is 222 g/mol. The number of nitrogens with one attached hydrogen (secondary N) is 1. The Bertz CT molecular complexity index is 295. The predicted molar refractivity (Wildman–Crippen MR) is 66.1 cm³/mol. The number of aromatic nitrogens is 1. The smallest absolute Gasteiger partial charge is 0.0541 e. The molecular formula is C13H22N2O. The molecular weight excluding hydrogens is 200 g/mol. The number of aliphatic hydroxyl groups excluding tert-OH is 1. The van der Waals surface area contributed by atoms with Gasteiger partial charge in [0, 0.05) is 25.4 Å². The molecule has 0 saturated heterocycles. The minimum atomic E-state index is 0.233. The topological polar surface area (TPSA) is 45.1 Å². The lowest BCUT2D eigenvalue weighted by atomic mass is 10.0. The third-order valence-electron chi connectivity index (χ3n) is 2.76. The SMILES string of the molecule is Cc1ccc(CNC(CCO)C(C)C)nc1. The first-order chi connectivity index (χ1) is 7.63. The summed E-state index contributed by atoms with van der Waals surface area (Å²) in [5.41, 5.74) is 2.23. The van der Waals surface area contributed by atoms with Crippen LogP contribution in [-0.2, 0) is 6.54 Å². The number of hydrogen-bond acceptors (Lipinski definition) is 3. The van der Waals surface area contributed by atoms with Crippen molar-refractivity contribution in [2.45, 2.75) is 39.8 Å². The molecule has 0 fully saturated rings. The van der Waals surface area contributed by atoms with Gasteiger partial charge >= 0.3 is 0 Å². The Kier molecular flexibility index (Phi) is 5.43. The highest BCUT2D eigenvalue weighted by molar-refractivity contribution is 5.12. The third-order valence-corrected chi connectivity index (χ3v) is 2.76. The van der Waals surface area contributed by atoms with Gasteiger partial charge in [0.25, 0.3) is 0 Å². The van der Waals surface area contributed by atoms with Gasteiger partial charge < -0.3 is 10.4 Å². The lowest BCUT2D eigenvalue weighted by Crippen LogP contribution is -2.34. The van der Waals surface area contributed by atoms with Gasteiger partial charge in [-0.15, -0.1) is 0 Å². The zero-order chi connectivity index (χ0) is 12.0. The molecule has 0 bridgehead atoms. The van der Waals surface area contributed by atoms with Crippen molar-refractivity contribution in [2.24, 2.45) is 5.92 Å². The first kappa shape index (κ1) is 13.1. The van der Waals surface area contributed by atoms with Crippen LogP contribution in [0.25, 0.3) is 0 Å². The maximum atomic E-state index is 8.96. The molecule has 0 aliphatic rings. The lowest BCUT2D eigenvalue weighted by molar-refractivity contribution is 0.243. The van der Waals surface area contributed by atoms with E-state index in [2.05, 4.69) is 30.2 Å². The van der Waals surface area contributed by atoms with Crippen molar-refractivity contribution < 1.29 is 5.11 Å². The molecule has 0 aliphatic carbocycles. The Labute approximate surface area is 97.9 Å². The van der Waals surface area contributed by atoms with Crippen LogP contribution in [0.4, 0.5) is 0 Å². The van der Waals surface area contributed by atoms with Gasteiger partial charge in [-0.25, -0.2) is 0 Å². The molecule has 3 nitrogen and oxygen atoms in total. The van der Waals surface area contributed by atoms with Crippen molar-refractivity contribution in [2.75, 3.05) is 6.61 Å². The molecule has 1 aromatic rings. The highest BCUT2D eigenvalue weighted by atomic mass is 16.3. The molecule has 3 heteroatoms. The fraction of sp³-hybridized carbons (Fsp3) is 0.615. The molecule has 1 aromatic heterocycles. The second kappa shape index (κ2) is 6.61. The Morgan fingerprint density at radius 3 is 2.62 bits per heavy atom. The van der Waals surface area contributed by atoms with Crippen molar-refractivity contribution in [1.82, 2.24) is 10.3 Å². The van der Waals surface area contributed by atoms with Crippen LogP contribution in [-0.4, -0.2) is 22.7 Å². The van der Waals surface area contributed by atoms with E-state index in [0.29, 0.717) is 12.0 Å². The van der Waals surface area contributed by atoms with E-state index in [-0.39, 0.29) is 6.61 Å². The van der Waals surface area contributed by atoms with Crippen LogP contribution in [0.2, 0.25) is 0 Å². The van der Waals surface area contributed by atoms with E-state index >= 15 is 0 Å². The fourth-order valence-electron chi connectivity index (χ4n) is 1.65. The molecule has 1 atom stereocenters. The molecule has 2 N–H and O–H groups in total. The average Bonchev–Trinajstić information content (AvgIpc) is 2.26. The van der Waals surface area contributed by atoms with Gasteiger partial charge in [0.05, 0.1) is 5.69 Å². The summed E-state index contributed by atoms with van der Waals surface area (Å²) in [6.45, 7) is 7.36. The van der Waals surface area contributed by atoms with Gasteiger partial charge in [0.15, 0.2) is 0 Å². The van der Waals surface area contributed by atoms with E-state index in [1.165, 1.54) is 5.56 Å². The van der Waals surface area contributed by atoms with Crippen LogP contribution < -0.4 is 5.32 Å². The van der Waals surface area contributed by atoms with E-state index < -0.39 is 0 Å². The molecule has 1 rings (SSSR count). The second-order valence-electron chi connectivity index (χ2n) is 4.57. The standard InChI is InChI=1S/C13H22N2O/c1-10(2)13(6-7-16)15-9-12-5-4-11(3)8-14-12/h4-5,8,10,13,15-16H,6-7,9H2,1-3H3. The molecule has 0 amide bonds. The molecule has 0 spiro atoms. The van der Waals surface area contributed by atoms with Gasteiger partial charge in [0.2, 0.25) is 0 Å². The summed E-state index contributed by atoms with van der Waals surface area (Å²) in [7, 11) is 0. The van der Waals surface area contributed by atoms with E-state index in [0.717, 1.165) is 18.7 Å². The Balaban J connectivity index is 2.45. The maximum absolute atomic E-state index is 8.96. The molecule has 0 aliphatic heterocycles. The summed E-state index contributed by atoms with van der Waals surface area (Å²) in [4.78, 5) is 4.34. The van der Waals surface area contributed by atoms with Crippen molar-refractivity contribution in [3.05, 3.63) is 29.6 Å². The Hall–Kier alpha value is -0.930. The molecule has 0 radical (unpaired) electrons. The van der Waals surface area contributed by atoms with Gasteiger partial charge in [-0.1, -0.05) is 19.9 Å². The van der Waals surface area contributed by atoms with Crippen LogP contribution in [0.1, 0.15) is 31.5 Å². The first-order valence-corrected chi connectivity index (χ1v) is 5.89. The summed E-state index contributed by atoms with van der Waals surface area (Å²) < 4.78 is 0. The molecule has 1 heterocycles. The zero-order valence-electron chi connectivity index (χ0n) is 10.4. The molecule has 1 unspecified atom stereocenters. The molecule has 90 valence electrons. The Morgan fingerprint density at radius 1 is 1.38 bits per heavy atom. The zero-order valence-corrected chi connectivity index (χ0v) is 10.4. The number of aryl methyl sites for hydroxylation is 1. The summed E-state index contributed by atoms with van der Waals surface area (Å²) >= 11 is 0. The quantitative estimate of drug-likeness (QED) is 0.772. The maximum Gasteiger partial charge on any atom is 0.0541 e. The van der Waals surface area contributed by atoms with Gasteiger partial charge in [-0.3, -0.25) is 4.98 Å². The van der Waals surface area contributed by atoms with Crippen molar-refractivity contribution in [3.63, 3.8) is 0 Å². The summed E-state index contributed by atoms with van der Waals surface area (Å²) in [5, 5.41) is 12.4. The van der Waals surface area contributed by atoms with Crippen molar-refractivity contribution in [3.8, 4) is 0 Å². The number of rotatable bonds is 6. The van der Waals surface area contributed by atoms with E-state index in [9.17, 15) is 0 Å². The summed E-state index contributed by atoms with van der Waals surface area (Å²) in [5.74, 6) is 0.526. The number of nitrogens with zero attached hydrogens (tertiary/aromatic N) is 1. The highest BCUT2D eigenvalue weighted by Gasteiger charge is 2.11. The van der Waals surface area contributed by atoms with Crippen LogP contribution in [0, 0.1) is 12.8 Å².